The molecule has 1 spiro atoms. The van der Waals surface area contributed by atoms with Crippen LogP contribution in [0.2, 0.25) is 0 Å². The molecule has 0 saturated carbocycles. The molecule has 4 nitrogen and oxygen atoms in total. The number of aliphatic hydroxyl groups is 1. The summed E-state index contributed by atoms with van der Waals surface area (Å²) in [5.74, 6) is -0.340. The number of ether oxygens (including phenoxy) is 2. The summed E-state index contributed by atoms with van der Waals surface area (Å²) < 4.78 is 11.2. The third kappa shape index (κ3) is 2.02. The van der Waals surface area contributed by atoms with E-state index in [2.05, 4.69) is 4.90 Å². The molecule has 0 unspecified atom stereocenters. The fourth-order valence-electron chi connectivity index (χ4n) is 2.14. The molecule has 0 atom stereocenters. The topological polar surface area (TPSA) is 41.9 Å². The molecule has 4 heteroatoms. The van der Waals surface area contributed by atoms with Gasteiger partial charge in [-0.05, 0) is 13.0 Å². The van der Waals surface area contributed by atoms with Gasteiger partial charge in [0, 0.05) is 13.0 Å². The van der Waals surface area contributed by atoms with Gasteiger partial charge in [0.05, 0.1) is 26.4 Å². The van der Waals surface area contributed by atoms with E-state index in [0.717, 1.165) is 32.5 Å². The molecular weight excluding hydrogens is 170 g/mol. The van der Waals surface area contributed by atoms with Crippen LogP contribution in [-0.4, -0.2) is 55.2 Å². The average molecular weight is 187 g/mol. The Balaban J connectivity index is 1.90. The van der Waals surface area contributed by atoms with Crippen LogP contribution in [0.1, 0.15) is 12.8 Å². The van der Waals surface area contributed by atoms with Crippen LogP contribution in [0.4, 0.5) is 0 Å². The first kappa shape index (κ1) is 9.40. The van der Waals surface area contributed by atoms with Gasteiger partial charge in [-0.3, -0.25) is 4.90 Å². The summed E-state index contributed by atoms with van der Waals surface area (Å²) in [6.45, 7) is 4.24. The lowest BCUT2D eigenvalue weighted by atomic mass is 10.0. The fourth-order valence-corrected chi connectivity index (χ4v) is 2.14. The molecule has 0 aromatic carbocycles. The number of hydrogen-bond acceptors (Lipinski definition) is 4. The number of nitrogens with zero attached hydrogens (tertiary/aromatic N) is 1. The molecule has 0 aromatic rings. The smallest absolute Gasteiger partial charge is 0.181 e. The standard InChI is InChI=1S/C9H17NO3/c11-5-4-10-3-1-2-9(8-10)12-6-7-13-9/h11H,1-8H2. The minimum Gasteiger partial charge on any atom is -0.395 e. The van der Waals surface area contributed by atoms with Crippen LogP contribution in [0.3, 0.4) is 0 Å². The van der Waals surface area contributed by atoms with E-state index in [4.69, 9.17) is 14.6 Å². The molecule has 2 fully saturated rings. The summed E-state index contributed by atoms with van der Waals surface area (Å²) >= 11 is 0. The van der Waals surface area contributed by atoms with Crippen LogP contribution in [-0.2, 0) is 9.47 Å². The van der Waals surface area contributed by atoms with E-state index >= 15 is 0 Å². The molecule has 0 amide bonds. The van der Waals surface area contributed by atoms with Crippen molar-refractivity contribution in [1.29, 1.82) is 0 Å². The first-order chi connectivity index (χ1) is 6.35. The van der Waals surface area contributed by atoms with E-state index in [1.54, 1.807) is 0 Å². The zero-order chi connectivity index (χ0) is 9.15. The minimum atomic E-state index is -0.340. The van der Waals surface area contributed by atoms with Crippen molar-refractivity contribution in [3.05, 3.63) is 0 Å². The van der Waals surface area contributed by atoms with Crippen molar-refractivity contribution in [1.82, 2.24) is 4.90 Å². The van der Waals surface area contributed by atoms with E-state index in [1.807, 2.05) is 0 Å². The summed E-state index contributed by atoms with van der Waals surface area (Å²) in [5.41, 5.74) is 0. The molecule has 2 saturated heterocycles. The van der Waals surface area contributed by atoms with Crippen molar-refractivity contribution in [3.8, 4) is 0 Å². The van der Waals surface area contributed by atoms with Crippen LogP contribution in [0.15, 0.2) is 0 Å². The maximum atomic E-state index is 8.83. The number of rotatable bonds is 2. The predicted molar refractivity (Wildman–Crippen MR) is 47.4 cm³/mol. The van der Waals surface area contributed by atoms with Gasteiger partial charge in [0.25, 0.3) is 0 Å². The zero-order valence-corrected chi connectivity index (χ0v) is 7.87. The lowest BCUT2D eigenvalue weighted by Gasteiger charge is -2.38. The summed E-state index contributed by atoms with van der Waals surface area (Å²) in [4.78, 5) is 2.20. The highest BCUT2D eigenvalue weighted by Gasteiger charge is 2.40. The first-order valence-electron chi connectivity index (χ1n) is 4.96. The van der Waals surface area contributed by atoms with Gasteiger partial charge in [-0.15, -0.1) is 0 Å². The SMILES string of the molecule is OCCN1CCCC2(C1)OCCO2. The van der Waals surface area contributed by atoms with E-state index in [0.29, 0.717) is 13.2 Å². The lowest BCUT2D eigenvalue weighted by molar-refractivity contribution is -0.189. The van der Waals surface area contributed by atoms with Crippen LogP contribution >= 0.6 is 0 Å². The Labute approximate surface area is 78.4 Å². The Morgan fingerprint density at radius 1 is 1.31 bits per heavy atom. The molecule has 2 aliphatic heterocycles. The third-order valence-corrected chi connectivity index (χ3v) is 2.73. The number of piperidine rings is 1. The zero-order valence-electron chi connectivity index (χ0n) is 7.87. The normalized spacial score (nSPS) is 28.4. The predicted octanol–water partition coefficient (Wildman–Crippen LogP) is -0.182. The third-order valence-electron chi connectivity index (χ3n) is 2.73. The maximum absolute atomic E-state index is 8.83. The van der Waals surface area contributed by atoms with Gasteiger partial charge < -0.3 is 14.6 Å². The van der Waals surface area contributed by atoms with E-state index in [1.165, 1.54) is 0 Å². The van der Waals surface area contributed by atoms with Gasteiger partial charge in [-0.1, -0.05) is 0 Å². The second-order valence-electron chi connectivity index (χ2n) is 3.71. The lowest BCUT2D eigenvalue weighted by Crippen LogP contribution is -2.49. The Bertz CT molecular complexity index is 166. The molecule has 0 aliphatic carbocycles. The molecule has 76 valence electrons. The Morgan fingerprint density at radius 3 is 2.77 bits per heavy atom. The molecule has 2 heterocycles. The van der Waals surface area contributed by atoms with Crippen molar-refractivity contribution in [2.24, 2.45) is 0 Å². The molecule has 2 aliphatic rings. The van der Waals surface area contributed by atoms with Gasteiger partial charge in [0.1, 0.15) is 0 Å². The van der Waals surface area contributed by atoms with Gasteiger partial charge in [-0.25, -0.2) is 0 Å². The highest BCUT2D eigenvalue weighted by atomic mass is 16.7. The van der Waals surface area contributed by atoms with Crippen LogP contribution in [0.5, 0.6) is 0 Å². The summed E-state index contributed by atoms with van der Waals surface area (Å²) in [6.07, 6.45) is 2.09. The number of hydrogen-bond donors (Lipinski definition) is 1. The van der Waals surface area contributed by atoms with Gasteiger partial charge in [0.15, 0.2) is 5.79 Å². The second-order valence-corrected chi connectivity index (χ2v) is 3.71. The van der Waals surface area contributed by atoms with Crippen molar-refractivity contribution in [3.63, 3.8) is 0 Å². The van der Waals surface area contributed by atoms with E-state index in [9.17, 15) is 0 Å². The van der Waals surface area contributed by atoms with Crippen LogP contribution in [0.25, 0.3) is 0 Å². The van der Waals surface area contributed by atoms with Gasteiger partial charge in [-0.2, -0.15) is 0 Å². The van der Waals surface area contributed by atoms with Crippen LogP contribution in [0, 0.1) is 0 Å². The molecule has 0 bridgehead atoms. The minimum absolute atomic E-state index is 0.218. The van der Waals surface area contributed by atoms with Gasteiger partial charge in [0.2, 0.25) is 0 Å². The average Bonchev–Trinajstić information content (AvgIpc) is 2.54. The fraction of sp³-hybridized carbons (Fsp3) is 1.00. The number of aliphatic hydroxyl groups excluding tert-OH is 1. The monoisotopic (exact) mass is 187 g/mol. The number of likely N-dealkylation sites (tertiary alicyclic amines) is 1. The largest absolute Gasteiger partial charge is 0.395 e. The van der Waals surface area contributed by atoms with Crippen molar-refractivity contribution >= 4 is 0 Å². The van der Waals surface area contributed by atoms with E-state index in [-0.39, 0.29) is 12.4 Å². The van der Waals surface area contributed by atoms with Gasteiger partial charge >= 0.3 is 0 Å². The summed E-state index contributed by atoms with van der Waals surface area (Å²) in [5, 5.41) is 8.83. The van der Waals surface area contributed by atoms with Crippen LogP contribution < -0.4 is 0 Å². The van der Waals surface area contributed by atoms with Crippen molar-refractivity contribution in [2.45, 2.75) is 18.6 Å². The quantitative estimate of drug-likeness (QED) is 0.651. The molecule has 13 heavy (non-hydrogen) atoms. The first-order valence-corrected chi connectivity index (χ1v) is 4.96. The van der Waals surface area contributed by atoms with Crippen molar-refractivity contribution < 1.29 is 14.6 Å². The molecule has 1 N–H and O–H groups in total. The Kier molecular flexibility index (Phi) is 2.83. The van der Waals surface area contributed by atoms with E-state index < -0.39 is 0 Å². The molecule has 2 rings (SSSR count). The highest BCUT2D eigenvalue weighted by molar-refractivity contribution is 4.83. The molecule has 0 aromatic heterocycles. The summed E-state index contributed by atoms with van der Waals surface area (Å²) in [7, 11) is 0. The Morgan fingerprint density at radius 2 is 2.08 bits per heavy atom. The maximum Gasteiger partial charge on any atom is 0.181 e. The van der Waals surface area contributed by atoms with Crippen molar-refractivity contribution in [2.75, 3.05) is 39.5 Å². The highest BCUT2D eigenvalue weighted by Crippen LogP contribution is 2.29. The second kappa shape index (κ2) is 3.92. The Hall–Kier alpha value is -0.160. The number of β-amino-alcohol motifs (C(OH)–C–C–N with tert-alkyl or cyclic N) is 1. The molecular formula is C9H17NO3. The summed E-state index contributed by atoms with van der Waals surface area (Å²) in [6, 6.07) is 0. The molecule has 0 radical (unpaired) electrons.